The van der Waals surface area contributed by atoms with Crippen molar-refractivity contribution in [1.82, 2.24) is 5.32 Å². The summed E-state index contributed by atoms with van der Waals surface area (Å²) in [7, 11) is 0. The number of fused-ring (bicyclic) bond motifs is 1. The highest BCUT2D eigenvalue weighted by Gasteiger charge is 2.25. The molecule has 1 amide bonds. The predicted molar refractivity (Wildman–Crippen MR) is 105 cm³/mol. The Labute approximate surface area is 163 Å². The topological polar surface area (TPSA) is 47.6 Å². The molecular weight excluding hydrogens is 365 g/mol. The molecule has 2 aromatic rings. The van der Waals surface area contributed by atoms with Gasteiger partial charge in [0.05, 0.1) is 12.4 Å². The monoisotopic (exact) mass is 389 g/mol. The lowest BCUT2D eigenvalue weighted by Gasteiger charge is -2.28. The van der Waals surface area contributed by atoms with E-state index in [0.29, 0.717) is 41.9 Å². The number of benzene rings is 2. The molecule has 0 aromatic heterocycles. The third-order valence-corrected chi connectivity index (χ3v) is 5.07. The van der Waals surface area contributed by atoms with Gasteiger partial charge in [0, 0.05) is 29.0 Å². The van der Waals surface area contributed by atoms with E-state index in [1.807, 2.05) is 30.3 Å². The quantitative estimate of drug-likeness (QED) is 0.761. The SMILES string of the molecule is CC(C)CNC(=O)CSCc1cc(F)cc2c1O[C@H](c1ccccc1)OC2. The molecule has 1 N–H and O–H groups in total. The molecule has 6 heteroatoms. The first-order valence-electron chi connectivity index (χ1n) is 9.02. The number of thioether (sulfide) groups is 1. The molecule has 0 spiro atoms. The first-order chi connectivity index (χ1) is 13.0. The normalized spacial score (nSPS) is 15.9. The van der Waals surface area contributed by atoms with Crippen LogP contribution >= 0.6 is 11.8 Å². The van der Waals surface area contributed by atoms with Gasteiger partial charge in [-0.1, -0.05) is 44.2 Å². The van der Waals surface area contributed by atoms with Gasteiger partial charge in [0.1, 0.15) is 11.6 Å². The van der Waals surface area contributed by atoms with Crippen LogP contribution in [0.2, 0.25) is 0 Å². The van der Waals surface area contributed by atoms with Crippen LogP contribution in [0.1, 0.15) is 36.8 Å². The van der Waals surface area contributed by atoms with Crippen LogP contribution in [0.15, 0.2) is 42.5 Å². The minimum atomic E-state index is -0.512. The minimum Gasteiger partial charge on any atom is -0.460 e. The van der Waals surface area contributed by atoms with E-state index in [9.17, 15) is 9.18 Å². The molecule has 0 fully saturated rings. The molecule has 0 radical (unpaired) electrons. The Bertz CT molecular complexity index is 782. The summed E-state index contributed by atoms with van der Waals surface area (Å²) < 4.78 is 25.7. The molecule has 0 saturated heterocycles. The van der Waals surface area contributed by atoms with Crippen LogP contribution in [-0.4, -0.2) is 18.2 Å². The largest absolute Gasteiger partial charge is 0.460 e. The van der Waals surface area contributed by atoms with E-state index in [1.165, 1.54) is 23.9 Å². The Hall–Kier alpha value is -2.05. The number of hydrogen-bond acceptors (Lipinski definition) is 4. The van der Waals surface area contributed by atoms with Gasteiger partial charge in [-0.2, -0.15) is 0 Å². The number of carbonyl (C=O) groups excluding carboxylic acids is 1. The summed E-state index contributed by atoms with van der Waals surface area (Å²) >= 11 is 1.45. The molecule has 0 bridgehead atoms. The molecule has 4 nitrogen and oxygen atoms in total. The zero-order valence-electron chi connectivity index (χ0n) is 15.5. The second-order valence-electron chi connectivity index (χ2n) is 6.92. The van der Waals surface area contributed by atoms with Crippen LogP contribution < -0.4 is 10.1 Å². The highest BCUT2D eigenvalue weighted by molar-refractivity contribution is 7.99. The van der Waals surface area contributed by atoms with Crippen molar-refractivity contribution in [3.8, 4) is 5.75 Å². The van der Waals surface area contributed by atoms with Crippen molar-refractivity contribution in [3.05, 3.63) is 65.0 Å². The number of rotatable bonds is 7. The average Bonchev–Trinajstić information content (AvgIpc) is 2.66. The summed E-state index contributed by atoms with van der Waals surface area (Å²) in [6.07, 6.45) is -0.512. The van der Waals surface area contributed by atoms with Gasteiger partial charge in [-0.05, 0) is 18.1 Å². The molecule has 1 aliphatic rings. The van der Waals surface area contributed by atoms with E-state index < -0.39 is 6.29 Å². The summed E-state index contributed by atoms with van der Waals surface area (Å²) in [5.41, 5.74) is 2.36. The van der Waals surface area contributed by atoms with E-state index in [0.717, 1.165) is 11.1 Å². The van der Waals surface area contributed by atoms with Crippen LogP contribution in [0.25, 0.3) is 0 Å². The van der Waals surface area contributed by atoms with Crippen molar-refractivity contribution in [2.45, 2.75) is 32.5 Å². The van der Waals surface area contributed by atoms with E-state index >= 15 is 0 Å². The van der Waals surface area contributed by atoms with Crippen LogP contribution in [0.4, 0.5) is 4.39 Å². The maximum absolute atomic E-state index is 14.0. The fourth-order valence-corrected chi connectivity index (χ4v) is 3.61. The number of amides is 1. The van der Waals surface area contributed by atoms with Gasteiger partial charge in [0.2, 0.25) is 12.2 Å². The Kier molecular flexibility index (Phi) is 6.74. The zero-order chi connectivity index (χ0) is 19.2. The fourth-order valence-electron chi connectivity index (χ4n) is 2.78. The maximum atomic E-state index is 14.0. The molecule has 0 saturated carbocycles. The molecule has 1 heterocycles. The first kappa shape index (κ1) is 19.7. The van der Waals surface area contributed by atoms with E-state index in [2.05, 4.69) is 19.2 Å². The standard InChI is InChI=1S/C21H24FNO3S/c1-14(2)10-23-19(24)13-27-12-17-9-18(22)8-16-11-25-21(26-20(16)17)15-6-4-3-5-7-15/h3-9,14,21H,10-13H2,1-2H3,(H,23,24)/t21-/m1/s1. The summed E-state index contributed by atoms with van der Waals surface area (Å²) in [4.78, 5) is 11.9. The van der Waals surface area contributed by atoms with Crippen molar-refractivity contribution >= 4 is 17.7 Å². The van der Waals surface area contributed by atoms with E-state index in [4.69, 9.17) is 9.47 Å². The molecule has 0 aliphatic carbocycles. The van der Waals surface area contributed by atoms with Crippen molar-refractivity contribution in [1.29, 1.82) is 0 Å². The molecular formula is C21H24FNO3S. The summed E-state index contributed by atoms with van der Waals surface area (Å²) in [5, 5.41) is 2.89. The highest BCUT2D eigenvalue weighted by Crippen LogP contribution is 2.37. The highest BCUT2D eigenvalue weighted by atomic mass is 32.2. The second kappa shape index (κ2) is 9.24. The molecule has 27 heavy (non-hydrogen) atoms. The average molecular weight is 389 g/mol. The second-order valence-corrected chi connectivity index (χ2v) is 7.90. The van der Waals surface area contributed by atoms with Gasteiger partial charge >= 0.3 is 0 Å². The van der Waals surface area contributed by atoms with Crippen LogP contribution in [0.3, 0.4) is 0 Å². The molecule has 1 atom stereocenters. The summed E-state index contributed by atoms with van der Waals surface area (Å²) in [5.74, 6) is 1.57. The third-order valence-electron chi connectivity index (χ3n) is 4.09. The van der Waals surface area contributed by atoms with Gasteiger partial charge < -0.3 is 14.8 Å². The number of ether oxygens (including phenoxy) is 2. The lowest BCUT2D eigenvalue weighted by Crippen LogP contribution is -2.28. The number of carbonyl (C=O) groups is 1. The number of nitrogens with one attached hydrogen (secondary N) is 1. The molecule has 144 valence electrons. The molecule has 3 rings (SSSR count). The zero-order valence-corrected chi connectivity index (χ0v) is 16.4. The first-order valence-corrected chi connectivity index (χ1v) is 10.2. The lowest BCUT2D eigenvalue weighted by molar-refractivity contribution is -0.118. The molecule has 1 aliphatic heterocycles. The van der Waals surface area contributed by atoms with Crippen molar-refractivity contribution in [3.63, 3.8) is 0 Å². The fraction of sp³-hybridized carbons (Fsp3) is 0.381. The van der Waals surface area contributed by atoms with Gasteiger partial charge in [-0.3, -0.25) is 4.79 Å². The van der Waals surface area contributed by atoms with Crippen LogP contribution in [-0.2, 0) is 21.9 Å². The Balaban J connectivity index is 1.66. The molecule has 2 aromatic carbocycles. The number of hydrogen-bond donors (Lipinski definition) is 1. The minimum absolute atomic E-state index is 0.00890. The van der Waals surface area contributed by atoms with Gasteiger partial charge in [0.15, 0.2) is 0 Å². The van der Waals surface area contributed by atoms with Crippen molar-refractivity contribution in [2.24, 2.45) is 5.92 Å². The lowest BCUT2D eigenvalue weighted by atomic mass is 10.1. The summed E-state index contributed by atoms with van der Waals surface area (Å²) in [6, 6.07) is 12.6. The smallest absolute Gasteiger partial charge is 0.230 e. The third kappa shape index (κ3) is 5.47. The van der Waals surface area contributed by atoms with Crippen LogP contribution in [0.5, 0.6) is 5.75 Å². The summed E-state index contributed by atoms with van der Waals surface area (Å²) in [6.45, 7) is 5.05. The Morgan fingerprint density at radius 3 is 2.81 bits per heavy atom. The van der Waals surface area contributed by atoms with Crippen molar-refractivity contribution < 1.29 is 18.7 Å². The predicted octanol–water partition coefficient (Wildman–Crippen LogP) is 4.44. The van der Waals surface area contributed by atoms with E-state index in [1.54, 1.807) is 0 Å². The van der Waals surface area contributed by atoms with Gasteiger partial charge in [-0.25, -0.2) is 4.39 Å². The van der Waals surface area contributed by atoms with Crippen molar-refractivity contribution in [2.75, 3.05) is 12.3 Å². The van der Waals surface area contributed by atoms with E-state index in [-0.39, 0.29) is 11.7 Å². The van der Waals surface area contributed by atoms with Gasteiger partial charge in [-0.15, -0.1) is 11.8 Å². The molecule has 0 unspecified atom stereocenters. The maximum Gasteiger partial charge on any atom is 0.230 e. The van der Waals surface area contributed by atoms with Gasteiger partial charge in [0.25, 0.3) is 0 Å². The van der Waals surface area contributed by atoms with Crippen LogP contribution in [0, 0.1) is 11.7 Å². The number of halogens is 1. The Morgan fingerprint density at radius 2 is 2.07 bits per heavy atom. The Morgan fingerprint density at radius 1 is 1.30 bits per heavy atom.